The predicted octanol–water partition coefficient (Wildman–Crippen LogP) is -1.38. The first-order valence-corrected chi connectivity index (χ1v) is 16.9. The van der Waals surface area contributed by atoms with Crippen molar-refractivity contribution in [3.05, 3.63) is 10.4 Å². The van der Waals surface area contributed by atoms with Gasteiger partial charge in [-0.2, -0.15) is 12.6 Å². The summed E-state index contributed by atoms with van der Waals surface area (Å²) in [6.45, 7) is 8.40. The van der Waals surface area contributed by atoms with Crippen LogP contribution in [0, 0.1) is 5.92 Å². The summed E-state index contributed by atoms with van der Waals surface area (Å²) in [6.07, 6.45) is -10.9. The maximum Gasteiger partial charge on any atom is 0.252 e. The van der Waals surface area contributed by atoms with Gasteiger partial charge in [0.15, 0.2) is 24.5 Å². The minimum Gasteiger partial charge on any atom is -0.387 e. The normalized spacial score (nSPS) is 34.1. The molecule has 0 aromatic carbocycles. The molecule has 2 amide bonds. The highest BCUT2D eigenvalue weighted by molar-refractivity contribution is 7.80. The highest BCUT2D eigenvalue weighted by Crippen LogP contribution is 2.47. The van der Waals surface area contributed by atoms with E-state index in [0.29, 0.717) is 32.2 Å². The lowest BCUT2D eigenvalue weighted by Crippen LogP contribution is -2.76. The number of aliphatic hydroxyl groups is 3. The molecule has 11 unspecified atom stereocenters. The number of thiol groups is 1. The number of rotatable bonds is 22. The Kier molecular flexibility index (Phi) is 17.7. The molecule has 3 rings (SSSR count). The summed E-state index contributed by atoms with van der Waals surface area (Å²) < 4.78 is 51.3. The van der Waals surface area contributed by atoms with Crippen molar-refractivity contribution in [2.45, 2.75) is 94.8 Å². The van der Waals surface area contributed by atoms with E-state index in [9.17, 15) is 24.9 Å². The number of hydrogen-bond donors (Lipinski definition) is 6. The molecule has 3 heterocycles. The Balaban J connectivity index is 1.64. The summed E-state index contributed by atoms with van der Waals surface area (Å²) in [5.74, 6) is -3.07. The Morgan fingerprint density at radius 3 is 2.29 bits per heavy atom. The Morgan fingerprint density at radius 1 is 1.00 bits per heavy atom. The van der Waals surface area contributed by atoms with Crippen LogP contribution >= 0.6 is 12.6 Å². The van der Waals surface area contributed by atoms with Crippen molar-refractivity contribution in [2.75, 3.05) is 71.7 Å². The van der Waals surface area contributed by atoms with Crippen LogP contribution in [0.2, 0.25) is 0 Å². The molecular formula is C29H51N5O14S. The summed E-state index contributed by atoms with van der Waals surface area (Å²) in [5.41, 5.74) is 8.23. The number of azide groups is 1. The van der Waals surface area contributed by atoms with Crippen molar-refractivity contribution in [3.63, 3.8) is 0 Å². The van der Waals surface area contributed by atoms with Gasteiger partial charge in [-0.15, -0.1) is 0 Å². The molecule has 3 aliphatic heterocycles. The summed E-state index contributed by atoms with van der Waals surface area (Å²) >= 11 is 4.15. The summed E-state index contributed by atoms with van der Waals surface area (Å²) in [4.78, 5) is 28.4. The Hall–Kier alpha value is -1.88. The fourth-order valence-corrected chi connectivity index (χ4v) is 5.82. The van der Waals surface area contributed by atoms with Gasteiger partial charge >= 0.3 is 0 Å². The van der Waals surface area contributed by atoms with E-state index in [1.165, 1.54) is 13.8 Å². The van der Waals surface area contributed by atoms with Crippen LogP contribution in [0.1, 0.15) is 27.7 Å². The fourth-order valence-electron chi connectivity index (χ4n) is 5.69. The second-order valence-electron chi connectivity index (χ2n) is 12.0. The predicted molar refractivity (Wildman–Crippen MR) is 171 cm³/mol. The zero-order valence-corrected chi connectivity index (χ0v) is 29.1. The molecule has 0 aromatic rings. The van der Waals surface area contributed by atoms with Crippen molar-refractivity contribution in [1.82, 2.24) is 10.6 Å². The zero-order chi connectivity index (χ0) is 36.0. The van der Waals surface area contributed by atoms with Gasteiger partial charge in [0.2, 0.25) is 5.91 Å². The van der Waals surface area contributed by atoms with Crippen LogP contribution < -0.4 is 10.6 Å². The molecule has 49 heavy (non-hydrogen) atoms. The standard InChI is InChI=1S/C29H51N5O14S/c1-16(2)44-28-22(37)21(36)24(25(47-28)26(38)31-5-7-40-9-11-42-12-10-41-8-6-32-34-30)46-27-20(33-17(3)35)19-23(48-29(19,4)39)18(45-27)15-43-13-14-49/h16,18-25,27-28,36-37,39,49H,5-15H2,1-4H3,(H,31,38)(H,33,35). The Bertz CT molecular complexity index is 1070. The number of ether oxygens (including phenoxy) is 9. The minimum atomic E-state index is -1.69. The van der Waals surface area contributed by atoms with Crippen molar-refractivity contribution < 1.29 is 67.5 Å². The van der Waals surface area contributed by atoms with E-state index < -0.39 is 84.9 Å². The minimum absolute atomic E-state index is 0.0444. The van der Waals surface area contributed by atoms with Gasteiger partial charge in [-0.3, -0.25) is 9.59 Å². The number of nitrogens with one attached hydrogen (secondary N) is 2. The number of amides is 2. The average Bonchev–Trinajstić information content (AvgIpc) is 3.03. The lowest BCUT2D eigenvalue weighted by atomic mass is 9.76. The molecule has 0 spiro atoms. The van der Waals surface area contributed by atoms with Crippen molar-refractivity contribution in [2.24, 2.45) is 11.0 Å². The molecule has 20 heteroatoms. The maximum absolute atomic E-state index is 13.5. The molecule has 5 N–H and O–H groups in total. The number of hydrogen-bond acceptors (Lipinski definition) is 16. The van der Waals surface area contributed by atoms with E-state index in [2.05, 4.69) is 33.3 Å². The van der Waals surface area contributed by atoms with Gasteiger partial charge in [-0.1, -0.05) is 5.11 Å². The molecule has 0 bridgehead atoms. The molecule has 19 nitrogen and oxygen atoms in total. The van der Waals surface area contributed by atoms with Gasteiger partial charge in [0.05, 0.1) is 77.0 Å². The molecular weight excluding hydrogens is 674 g/mol. The van der Waals surface area contributed by atoms with Gasteiger partial charge in [-0.05, 0) is 26.3 Å². The highest BCUT2D eigenvalue weighted by Gasteiger charge is 2.64. The van der Waals surface area contributed by atoms with Crippen LogP contribution in [-0.4, -0.2) is 166 Å². The highest BCUT2D eigenvalue weighted by atomic mass is 32.1. The SMILES string of the molecule is CC(=O)NC1C(OC2C(C(=O)NCCOCCOCCOCCN=[N+]=[N-])OC(OC(C)C)C(O)C2O)OC(COCCS)C2OC(C)(O)C12. The first-order chi connectivity index (χ1) is 23.4. The molecule has 282 valence electrons. The van der Waals surface area contributed by atoms with Crippen LogP contribution in [0.3, 0.4) is 0 Å². The Labute approximate surface area is 290 Å². The van der Waals surface area contributed by atoms with Crippen molar-refractivity contribution >= 4 is 24.4 Å². The second kappa shape index (κ2) is 20.8. The molecule has 0 saturated carbocycles. The molecule has 3 aliphatic rings. The maximum atomic E-state index is 13.5. The average molecular weight is 726 g/mol. The summed E-state index contributed by atoms with van der Waals surface area (Å²) in [6, 6.07) is -0.982. The van der Waals surface area contributed by atoms with Crippen LogP contribution in [0.4, 0.5) is 0 Å². The van der Waals surface area contributed by atoms with Gasteiger partial charge in [-0.25, -0.2) is 0 Å². The van der Waals surface area contributed by atoms with Crippen LogP contribution in [0.5, 0.6) is 0 Å². The van der Waals surface area contributed by atoms with Crippen molar-refractivity contribution in [1.29, 1.82) is 0 Å². The molecule has 0 radical (unpaired) electrons. The van der Waals surface area contributed by atoms with E-state index in [0.717, 1.165) is 0 Å². The Morgan fingerprint density at radius 2 is 1.67 bits per heavy atom. The first kappa shape index (κ1) is 41.5. The number of carbonyl (C=O) groups excluding carboxylic acids is 2. The third kappa shape index (κ3) is 12.4. The largest absolute Gasteiger partial charge is 0.387 e. The lowest BCUT2D eigenvalue weighted by Gasteiger charge is -2.59. The topological polar surface area (TPSA) is 251 Å². The molecule has 11 atom stereocenters. The number of nitrogens with zero attached hydrogens (tertiary/aromatic N) is 3. The quantitative estimate of drug-likeness (QED) is 0.0248. The van der Waals surface area contributed by atoms with Gasteiger partial charge < -0.3 is 68.6 Å². The third-order valence-corrected chi connectivity index (χ3v) is 7.96. The van der Waals surface area contributed by atoms with E-state index >= 15 is 0 Å². The fraction of sp³-hybridized carbons (Fsp3) is 0.931. The van der Waals surface area contributed by atoms with E-state index in [-0.39, 0.29) is 39.5 Å². The van der Waals surface area contributed by atoms with E-state index in [4.69, 9.17) is 48.2 Å². The smallest absolute Gasteiger partial charge is 0.252 e. The van der Waals surface area contributed by atoms with Gasteiger partial charge in [0, 0.05) is 30.7 Å². The van der Waals surface area contributed by atoms with E-state index in [1.54, 1.807) is 13.8 Å². The van der Waals surface area contributed by atoms with E-state index in [1.807, 2.05) is 0 Å². The van der Waals surface area contributed by atoms with Crippen molar-refractivity contribution in [3.8, 4) is 0 Å². The second-order valence-corrected chi connectivity index (χ2v) is 12.5. The number of carbonyl (C=O) groups is 2. The molecule has 0 aliphatic carbocycles. The van der Waals surface area contributed by atoms with Crippen LogP contribution in [0.15, 0.2) is 5.11 Å². The molecule has 3 saturated heterocycles. The molecule has 0 aromatic heterocycles. The summed E-state index contributed by atoms with van der Waals surface area (Å²) in [7, 11) is 0. The zero-order valence-electron chi connectivity index (χ0n) is 28.3. The third-order valence-electron chi connectivity index (χ3n) is 7.78. The monoisotopic (exact) mass is 725 g/mol. The number of aliphatic hydroxyl groups excluding tert-OH is 2. The van der Waals surface area contributed by atoms with Gasteiger partial charge in [0.1, 0.15) is 24.4 Å². The first-order valence-electron chi connectivity index (χ1n) is 16.3. The summed E-state index contributed by atoms with van der Waals surface area (Å²) in [5, 5.41) is 41.9. The van der Waals surface area contributed by atoms with Gasteiger partial charge in [0.25, 0.3) is 5.91 Å². The van der Waals surface area contributed by atoms with Crippen LogP contribution in [0.25, 0.3) is 10.4 Å². The van der Waals surface area contributed by atoms with Crippen LogP contribution in [-0.2, 0) is 52.2 Å². The number of fused-ring (bicyclic) bond motifs is 1. The molecule has 3 fully saturated rings. The lowest BCUT2D eigenvalue weighted by molar-refractivity contribution is -0.430.